The summed E-state index contributed by atoms with van der Waals surface area (Å²) in [7, 11) is 1.39. The van der Waals surface area contributed by atoms with Crippen molar-refractivity contribution in [3.05, 3.63) is 69.8 Å². The van der Waals surface area contributed by atoms with Crippen LogP contribution >= 0.6 is 0 Å². The highest BCUT2D eigenvalue weighted by molar-refractivity contribution is 5.67. The molecule has 2 rings (SSSR count). The number of nitrogens with one attached hydrogen (secondary N) is 1. The summed E-state index contributed by atoms with van der Waals surface area (Å²) in [4.78, 5) is 22.2. The number of ether oxygens (including phenoxy) is 2. The lowest BCUT2D eigenvalue weighted by atomic mass is 10.00. The molecule has 0 aromatic heterocycles. The molecule has 1 amide bonds. The number of alkyl carbamates (subject to hydrolysis) is 1. The number of aliphatic hydroxyl groups is 2. The van der Waals surface area contributed by atoms with Crippen LogP contribution in [0.15, 0.2) is 48.5 Å². The number of benzene rings is 2. The van der Waals surface area contributed by atoms with Crippen molar-refractivity contribution in [2.24, 2.45) is 0 Å². The molecule has 2 unspecified atom stereocenters. The van der Waals surface area contributed by atoms with Gasteiger partial charge in [0.05, 0.1) is 23.7 Å². The van der Waals surface area contributed by atoms with Gasteiger partial charge < -0.3 is 25.0 Å². The van der Waals surface area contributed by atoms with Crippen LogP contribution in [0.3, 0.4) is 0 Å². The van der Waals surface area contributed by atoms with Crippen molar-refractivity contribution in [1.29, 1.82) is 0 Å². The average molecular weight is 390 g/mol. The van der Waals surface area contributed by atoms with E-state index < -0.39 is 23.2 Å². The number of nitrogens with zero attached hydrogens (tertiary/aromatic N) is 1. The van der Waals surface area contributed by atoms with Crippen LogP contribution in [0.25, 0.3) is 0 Å². The number of amides is 1. The fourth-order valence-corrected chi connectivity index (χ4v) is 2.52. The quantitative estimate of drug-likeness (QED) is 0.442. The van der Waals surface area contributed by atoms with Crippen LogP contribution in [-0.2, 0) is 11.3 Å². The van der Waals surface area contributed by atoms with Crippen LogP contribution < -0.4 is 10.1 Å². The molecule has 2 atom stereocenters. The molecule has 28 heavy (non-hydrogen) atoms. The third-order valence-electron chi connectivity index (χ3n) is 4.04. The predicted octanol–water partition coefficient (Wildman–Crippen LogP) is 2.31. The number of methoxy groups -OCH3 is 1. The second-order valence-corrected chi connectivity index (χ2v) is 5.97. The molecule has 0 radical (unpaired) electrons. The summed E-state index contributed by atoms with van der Waals surface area (Å²) < 4.78 is 10.0. The van der Waals surface area contributed by atoms with Crippen molar-refractivity contribution < 1.29 is 29.4 Å². The molecule has 150 valence electrons. The van der Waals surface area contributed by atoms with Crippen molar-refractivity contribution in [1.82, 2.24) is 5.32 Å². The molecule has 0 bridgehead atoms. The van der Waals surface area contributed by atoms with Crippen molar-refractivity contribution in [2.45, 2.75) is 25.2 Å². The standard InChI is InChI=1S/C19H22N2O7/c1-27-14-7-8-16(21(25)26)15(11-14)18(23)17(22)9-10-20-19(24)28-12-13-5-3-2-4-6-13/h2-8,11,17-18,22-23H,9-10,12H2,1H3,(H,20,24). The zero-order valence-electron chi connectivity index (χ0n) is 15.3. The maximum Gasteiger partial charge on any atom is 0.407 e. The third kappa shape index (κ3) is 5.93. The van der Waals surface area contributed by atoms with E-state index in [-0.39, 0.29) is 30.8 Å². The van der Waals surface area contributed by atoms with E-state index in [0.717, 1.165) is 5.56 Å². The Labute approximate surface area is 161 Å². The lowest BCUT2D eigenvalue weighted by Gasteiger charge is -2.19. The first-order valence-electron chi connectivity index (χ1n) is 8.55. The van der Waals surface area contributed by atoms with Gasteiger partial charge in [-0.1, -0.05) is 30.3 Å². The molecule has 2 aromatic carbocycles. The van der Waals surface area contributed by atoms with Crippen molar-refractivity contribution >= 4 is 11.8 Å². The van der Waals surface area contributed by atoms with Gasteiger partial charge in [0.2, 0.25) is 0 Å². The largest absolute Gasteiger partial charge is 0.497 e. The second kappa shape index (κ2) is 10.2. The first-order valence-corrected chi connectivity index (χ1v) is 8.55. The van der Waals surface area contributed by atoms with Gasteiger partial charge in [-0.25, -0.2) is 4.79 Å². The number of nitro benzene ring substituents is 1. The minimum absolute atomic E-state index is 0.0175. The maximum atomic E-state index is 11.7. The van der Waals surface area contributed by atoms with Gasteiger partial charge in [-0.2, -0.15) is 0 Å². The number of nitro groups is 1. The summed E-state index contributed by atoms with van der Waals surface area (Å²) in [6.45, 7) is 0.122. The Bertz CT molecular complexity index is 798. The number of carbonyl (C=O) groups is 1. The van der Waals surface area contributed by atoms with E-state index in [1.54, 1.807) is 0 Å². The van der Waals surface area contributed by atoms with Gasteiger partial charge in [0.15, 0.2) is 0 Å². The fraction of sp³-hybridized carbons (Fsp3) is 0.316. The normalized spacial score (nSPS) is 12.7. The predicted molar refractivity (Wildman–Crippen MR) is 99.9 cm³/mol. The van der Waals surface area contributed by atoms with Crippen LogP contribution in [0.2, 0.25) is 0 Å². The molecule has 0 spiro atoms. The first-order chi connectivity index (χ1) is 13.4. The number of hydrogen-bond donors (Lipinski definition) is 3. The van der Waals surface area contributed by atoms with Gasteiger partial charge in [0, 0.05) is 12.6 Å². The van der Waals surface area contributed by atoms with E-state index in [0.29, 0.717) is 5.75 Å². The Balaban J connectivity index is 1.86. The zero-order valence-corrected chi connectivity index (χ0v) is 15.3. The van der Waals surface area contributed by atoms with E-state index in [9.17, 15) is 25.1 Å². The number of carbonyl (C=O) groups excluding carboxylic acids is 1. The van der Waals surface area contributed by atoms with Crippen molar-refractivity contribution in [3.63, 3.8) is 0 Å². The van der Waals surface area contributed by atoms with E-state index in [4.69, 9.17) is 9.47 Å². The van der Waals surface area contributed by atoms with Gasteiger partial charge in [0.1, 0.15) is 18.5 Å². The lowest BCUT2D eigenvalue weighted by Crippen LogP contribution is -2.30. The summed E-state index contributed by atoms with van der Waals surface area (Å²) in [5.74, 6) is 0.314. The van der Waals surface area contributed by atoms with E-state index >= 15 is 0 Å². The Morgan fingerprint density at radius 1 is 1.21 bits per heavy atom. The molecule has 0 saturated heterocycles. The maximum absolute atomic E-state index is 11.7. The highest BCUT2D eigenvalue weighted by atomic mass is 16.6. The van der Waals surface area contributed by atoms with Crippen LogP contribution in [0.4, 0.5) is 10.5 Å². The Morgan fingerprint density at radius 3 is 2.57 bits per heavy atom. The minimum atomic E-state index is -1.52. The number of aliphatic hydroxyl groups excluding tert-OH is 2. The van der Waals surface area contributed by atoms with E-state index in [1.165, 1.54) is 25.3 Å². The Morgan fingerprint density at radius 2 is 1.93 bits per heavy atom. The van der Waals surface area contributed by atoms with E-state index in [2.05, 4.69) is 5.32 Å². The van der Waals surface area contributed by atoms with Gasteiger partial charge in [-0.15, -0.1) is 0 Å². The van der Waals surface area contributed by atoms with Crippen LogP contribution in [0, 0.1) is 10.1 Å². The average Bonchev–Trinajstić information content (AvgIpc) is 2.71. The molecule has 3 N–H and O–H groups in total. The minimum Gasteiger partial charge on any atom is -0.497 e. The van der Waals surface area contributed by atoms with Crippen LogP contribution in [0.1, 0.15) is 23.7 Å². The Kier molecular flexibility index (Phi) is 7.73. The second-order valence-electron chi connectivity index (χ2n) is 5.97. The zero-order chi connectivity index (χ0) is 20.5. The topological polar surface area (TPSA) is 131 Å². The summed E-state index contributed by atoms with van der Waals surface area (Å²) >= 11 is 0. The van der Waals surface area contributed by atoms with Crippen molar-refractivity contribution in [3.8, 4) is 5.75 Å². The highest BCUT2D eigenvalue weighted by Crippen LogP contribution is 2.31. The molecular formula is C19H22N2O7. The van der Waals surface area contributed by atoms with Crippen molar-refractivity contribution in [2.75, 3.05) is 13.7 Å². The van der Waals surface area contributed by atoms with Gasteiger partial charge in [-0.3, -0.25) is 10.1 Å². The lowest BCUT2D eigenvalue weighted by molar-refractivity contribution is -0.386. The molecule has 9 nitrogen and oxygen atoms in total. The first kappa shape index (κ1) is 21.1. The van der Waals surface area contributed by atoms with Gasteiger partial charge >= 0.3 is 6.09 Å². The Hall–Kier alpha value is -3.17. The molecule has 0 fully saturated rings. The van der Waals surface area contributed by atoms with Crippen LogP contribution in [0.5, 0.6) is 5.75 Å². The van der Waals surface area contributed by atoms with Gasteiger partial charge in [0.25, 0.3) is 5.69 Å². The fourth-order valence-electron chi connectivity index (χ4n) is 2.52. The van der Waals surface area contributed by atoms with E-state index in [1.807, 2.05) is 30.3 Å². The molecule has 0 aliphatic rings. The molecule has 9 heteroatoms. The molecule has 0 heterocycles. The molecule has 0 aliphatic carbocycles. The van der Waals surface area contributed by atoms with Crippen LogP contribution in [-0.4, -0.2) is 41.0 Å². The molecule has 2 aromatic rings. The molecule has 0 aliphatic heterocycles. The smallest absolute Gasteiger partial charge is 0.407 e. The summed E-state index contributed by atoms with van der Waals surface area (Å²) in [6.07, 6.45) is -3.55. The SMILES string of the molecule is COc1ccc([N+](=O)[O-])c(C(O)C(O)CCNC(=O)OCc2ccccc2)c1. The summed E-state index contributed by atoms with van der Waals surface area (Å²) in [5, 5.41) is 34.1. The highest BCUT2D eigenvalue weighted by Gasteiger charge is 2.27. The number of rotatable bonds is 9. The molecule has 0 saturated carbocycles. The summed E-state index contributed by atoms with van der Waals surface area (Å²) in [5.41, 5.74) is 0.435. The third-order valence-corrected chi connectivity index (χ3v) is 4.04. The molecular weight excluding hydrogens is 368 g/mol. The number of hydrogen-bond acceptors (Lipinski definition) is 7. The monoisotopic (exact) mass is 390 g/mol. The summed E-state index contributed by atoms with van der Waals surface area (Å²) in [6, 6.07) is 13.0. The van der Waals surface area contributed by atoms with Gasteiger partial charge in [-0.05, 0) is 24.1 Å².